The molecule has 0 aliphatic rings. The fourth-order valence-electron chi connectivity index (χ4n) is 1.13. The number of alkyl halides is 4. The van der Waals surface area contributed by atoms with E-state index >= 15 is 0 Å². The molecule has 1 heterocycles. The van der Waals surface area contributed by atoms with Crippen LogP contribution in [0.3, 0.4) is 0 Å². The van der Waals surface area contributed by atoms with Gasteiger partial charge in [0.2, 0.25) is 0 Å². The molecule has 0 saturated heterocycles. The van der Waals surface area contributed by atoms with Crippen molar-refractivity contribution < 1.29 is 17.9 Å². The van der Waals surface area contributed by atoms with Crippen LogP contribution in [0, 0.1) is 14.9 Å². The summed E-state index contributed by atoms with van der Waals surface area (Å²) in [5.41, 5.74) is 0.322. The van der Waals surface area contributed by atoms with E-state index in [0.29, 0.717) is 3.57 Å². The van der Waals surface area contributed by atoms with Crippen molar-refractivity contribution in [1.29, 1.82) is 5.26 Å². The van der Waals surface area contributed by atoms with E-state index in [9.17, 15) is 13.2 Å². The van der Waals surface area contributed by atoms with Crippen molar-refractivity contribution in [3.8, 4) is 11.8 Å². The molecule has 0 bridgehead atoms. The molecule has 0 fully saturated rings. The Hall–Kier alpha value is -0.560. The molecule has 0 saturated carbocycles. The van der Waals surface area contributed by atoms with E-state index in [1.807, 2.05) is 28.7 Å². The summed E-state index contributed by atoms with van der Waals surface area (Å²) in [5, 5.41) is 8.73. The number of nitriles is 1. The molecule has 17 heavy (non-hydrogen) atoms. The fourth-order valence-corrected chi connectivity index (χ4v) is 2.10. The second-order valence-corrected chi connectivity index (χ2v) is 4.60. The Morgan fingerprint density at radius 3 is 2.65 bits per heavy atom. The average molecular weight is 421 g/mol. The summed E-state index contributed by atoms with van der Waals surface area (Å²) in [7, 11) is 0. The third-order valence-electron chi connectivity index (χ3n) is 1.76. The standard InChI is InChI=1S/C9H5BrF3IN2O/c10-3-7-8(17-9(11,12)13)5(1-2-15)6(14)4-16-7/h4H,1,3H2. The Labute approximate surface area is 117 Å². The first-order valence-electron chi connectivity index (χ1n) is 4.24. The van der Waals surface area contributed by atoms with Gasteiger partial charge in [0.25, 0.3) is 0 Å². The van der Waals surface area contributed by atoms with Crippen molar-refractivity contribution in [2.75, 3.05) is 0 Å². The molecule has 1 rings (SSSR count). The van der Waals surface area contributed by atoms with E-state index in [-0.39, 0.29) is 28.8 Å². The van der Waals surface area contributed by atoms with Crippen LogP contribution in [0.25, 0.3) is 0 Å². The summed E-state index contributed by atoms with van der Waals surface area (Å²) in [6.45, 7) is 0. The van der Waals surface area contributed by atoms with Gasteiger partial charge in [-0.25, -0.2) is 0 Å². The van der Waals surface area contributed by atoms with Crippen LogP contribution in [-0.2, 0) is 11.8 Å². The maximum Gasteiger partial charge on any atom is 0.573 e. The monoisotopic (exact) mass is 420 g/mol. The van der Waals surface area contributed by atoms with Crippen molar-refractivity contribution in [2.45, 2.75) is 18.1 Å². The molecule has 0 radical (unpaired) electrons. The quantitative estimate of drug-likeness (QED) is 0.555. The summed E-state index contributed by atoms with van der Waals surface area (Å²) >= 11 is 4.85. The zero-order valence-electron chi connectivity index (χ0n) is 8.18. The molecule has 0 aromatic carbocycles. The highest BCUT2D eigenvalue weighted by atomic mass is 127. The molecule has 0 atom stereocenters. The van der Waals surface area contributed by atoms with E-state index in [2.05, 4.69) is 25.7 Å². The molecule has 0 amide bonds. The van der Waals surface area contributed by atoms with E-state index in [1.54, 1.807) is 0 Å². The number of aromatic nitrogens is 1. The number of hydrogen-bond donors (Lipinski definition) is 0. The molecule has 0 spiro atoms. The normalized spacial score (nSPS) is 11.1. The Bertz CT molecular complexity index is 459. The van der Waals surface area contributed by atoms with Gasteiger partial charge in [0.05, 0.1) is 18.2 Å². The predicted molar refractivity (Wildman–Crippen MR) is 65.6 cm³/mol. The van der Waals surface area contributed by atoms with Gasteiger partial charge in [-0.2, -0.15) is 5.26 Å². The second kappa shape index (κ2) is 5.86. The lowest BCUT2D eigenvalue weighted by molar-refractivity contribution is -0.275. The van der Waals surface area contributed by atoms with Gasteiger partial charge >= 0.3 is 6.36 Å². The zero-order chi connectivity index (χ0) is 13.1. The minimum atomic E-state index is -4.80. The topological polar surface area (TPSA) is 45.9 Å². The second-order valence-electron chi connectivity index (χ2n) is 2.88. The highest BCUT2D eigenvalue weighted by Gasteiger charge is 2.34. The number of rotatable bonds is 3. The van der Waals surface area contributed by atoms with Crippen LogP contribution in [0.4, 0.5) is 13.2 Å². The summed E-state index contributed by atoms with van der Waals surface area (Å²) in [5.74, 6) is -0.386. The molecular formula is C9H5BrF3IN2O. The summed E-state index contributed by atoms with van der Waals surface area (Å²) < 4.78 is 41.2. The number of nitrogens with zero attached hydrogens (tertiary/aromatic N) is 2. The number of hydrogen-bond acceptors (Lipinski definition) is 3. The molecule has 1 aromatic rings. The average Bonchev–Trinajstić information content (AvgIpc) is 2.22. The van der Waals surface area contributed by atoms with Crippen LogP contribution in [0.2, 0.25) is 0 Å². The number of pyridine rings is 1. The largest absolute Gasteiger partial charge is 0.573 e. The Morgan fingerprint density at radius 2 is 2.18 bits per heavy atom. The molecule has 1 aromatic heterocycles. The predicted octanol–water partition coefficient (Wildman–Crippen LogP) is 3.55. The fraction of sp³-hybridized carbons (Fsp3) is 0.333. The van der Waals surface area contributed by atoms with Gasteiger partial charge in [0, 0.05) is 20.7 Å². The van der Waals surface area contributed by atoms with Crippen molar-refractivity contribution in [2.24, 2.45) is 0 Å². The van der Waals surface area contributed by atoms with Crippen LogP contribution in [-0.4, -0.2) is 11.3 Å². The lowest BCUT2D eigenvalue weighted by atomic mass is 10.1. The highest BCUT2D eigenvalue weighted by molar-refractivity contribution is 14.1. The first-order valence-corrected chi connectivity index (χ1v) is 6.44. The smallest absolute Gasteiger partial charge is 0.403 e. The summed E-state index contributed by atoms with van der Waals surface area (Å²) in [6.07, 6.45) is -3.55. The van der Waals surface area contributed by atoms with Crippen molar-refractivity contribution >= 4 is 38.5 Å². The molecule has 92 valence electrons. The molecule has 0 unspecified atom stereocenters. The lowest BCUT2D eigenvalue weighted by Gasteiger charge is -2.15. The Morgan fingerprint density at radius 1 is 1.53 bits per heavy atom. The van der Waals surface area contributed by atoms with Crippen molar-refractivity contribution in [1.82, 2.24) is 4.98 Å². The molecule has 0 aliphatic carbocycles. The van der Waals surface area contributed by atoms with Crippen LogP contribution >= 0.6 is 38.5 Å². The van der Waals surface area contributed by atoms with Gasteiger partial charge in [0.1, 0.15) is 0 Å². The maximum absolute atomic E-state index is 12.3. The molecule has 8 heteroatoms. The van der Waals surface area contributed by atoms with E-state index < -0.39 is 6.36 Å². The molecule has 0 N–H and O–H groups in total. The maximum atomic E-state index is 12.3. The first kappa shape index (κ1) is 14.5. The van der Waals surface area contributed by atoms with Gasteiger partial charge < -0.3 is 4.74 Å². The number of ether oxygens (including phenoxy) is 1. The molecular weight excluding hydrogens is 416 g/mol. The Kier molecular flexibility index (Phi) is 5.00. The van der Waals surface area contributed by atoms with Crippen LogP contribution in [0.15, 0.2) is 6.20 Å². The van der Waals surface area contributed by atoms with E-state index in [4.69, 9.17) is 5.26 Å². The van der Waals surface area contributed by atoms with E-state index in [1.165, 1.54) is 6.20 Å². The number of halogens is 5. The highest BCUT2D eigenvalue weighted by Crippen LogP contribution is 2.33. The van der Waals surface area contributed by atoms with Gasteiger partial charge in [-0.1, -0.05) is 15.9 Å². The van der Waals surface area contributed by atoms with Gasteiger partial charge in [0.15, 0.2) is 5.75 Å². The third-order valence-corrected chi connectivity index (χ3v) is 3.22. The van der Waals surface area contributed by atoms with Crippen molar-refractivity contribution in [3.63, 3.8) is 0 Å². The third kappa shape index (κ3) is 3.99. The van der Waals surface area contributed by atoms with Crippen molar-refractivity contribution in [3.05, 3.63) is 21.0 Å². The summed E-state index contributed by atoms with van der Waals surface area (Å²) in [6, 6.07) is 1.81. The molecule has 0 aliphatic heterocycles. The Balaban J connectivity index is 3.30. The van der Waals surface area contributed by atoms with Crippen LogP contribution in [0.5, 0.6) is 5.75 Å². The van der Waals surface area contributed by atoms with Crippen LogP contribution < -0.4 is 4.74 Å². The minimum absolute atomic E-state index is 0.119. The minimum Gasteiger partial charge on any atom is -0.403 e. The zero-order valence-corrected chi connectivity index (χ0v) is 11.9. The van der Waals surface area contributed by atoms with Gasteiger partial charge in [-0.3, -0.25) is 4.98 Å². The SMILES string of the molecule is N#CCc1c(I)cnc(CBr)c1OC(F)(F)F. The van der Waals surface area contributed by atoms with Gasteiger partial charge in [-0.05, 0) is 22.6 Å². The van der Waals surface area contributed by atoms with Crippen LogP contribution in [0.1, 0.15) is 11.3 Å². The first-order chi connectivity index (χ1) is 7.89. The lowest BCUT2D eigenvalue weighted by Crippen LogP contribution is -2.20. The van der Waals surface area contributed by atoms with Gasteiger partial charge in [-0.15, -0.1) is 13.2 Å². The summed E-state index contributed by atoms with van der Waals surface area (Å²) in [4.78, 5) is 3.84. The molecule has 3 nitrogen and oxygen atoms in total. The van der Waals surface area contributed by atoms with E-state index in [0.717, 1.165) is 0 Å².